The lowest BCUT2D eigenvalue weighted by Gasteiger charge is -2.25. The molecule has 1 heterocycles. The first-order valence-corrected chi connectivity index (χ1v) is 9.32. The Morgan fingerprint density at radius 2 is 1.50 bits per heavy atom. The zero-order valence-electron chi connectivity index (χ0n) is 13.6. The van der Waals surface area contributed by atoms with Gasteiger partial charge in [0.2, 0.25) is 0 Å². The van der Waals surface area contributed by atoms with Crippen molar-refractivity contribution in [2.75, 3.05) is 18.0 Å². The number of thiophene rings is 1. The van der Waals surface area contributed by atoms with Crippen LogP contribution in [-0.4, -0.2) is 13.1 Å². The number of hydrogen-bond acceptors (Lipinski definition) is 2. The van der Waals surface area contributed by atoms with Gasteiger partial charge in [0.25, 0.3) is 0 Å². The summed E-state index contributed by atoms with van der Waals surface area (Å²) in [6.07, 6.45) is 5.04. The quantitative estimate of drug-likeness (QED) is 0.484. The lowest BCUT2D eigenvalue weighted by atomic mass is 10.1. The molecule has 0 aliphatic heterocycles. The molecule has 0 fully saturated rings. The lowest BCUT2D eigenvalue weighted by molar-refractivity contribution is 0.680. The Labute approximate surface area is 137 Å². The molecule has 0 N–H and O–H groups in total. The van der Waals surface area contributed by atoms with E-state index in [0.717, 1.165) is 0 Å². The molecule has 0 atom stereocenters. The first-order chi connectivity index (χ1) is 10.8. The van der Waals surface area contributed by atoms with Crippen molar-refractivity contribution < 1.29 is 0 Å². The average molecular weight is 311 g/mol. The molecule has 0 radical (unpaired) electrons. The van der Waals surface area contributed by atoms with Crippen LogP contribution in [0.3, 0.4) is 0 Å². The van der Waals surface area contributed by atoms with Gasteiger partial charge in [-0.15, -0.1) is 11.3 Å². The van der Waals surface area contributed by atoms with Crippen LogP contribution in [0.2, 0.25) is 0 Å². The lowest BCUT2D eigenvalue weighted by Crippen LogP contribution is -2.25. The van der Waals surface area contributed by atoms with Crippen molar-refractivity contribution in [2.45, 2.75) is 39.5 Å². The highest BCUT2D eigenvalue weighted by Gasteiger charge is 2.13. The van der Waals surface area contributed by atoms with E-state index in [9.17, 15) is 0 Å². The molecule has 3 rings (SSSR count). The molecule has 0 amide bonds. The Morgan fingerprint density at radius 1 is 0.818 bits per heavy atom. The standard InChI is InChI=1S/C20H25NS/c1-3-5-14-21(15-6-4-2)17-11-9-13-19-20(17)16-10-7-8-12-18(16)22-19/h7-13H,3-6,14-15H2,1-2H3. The van der Waals surface area contributed by atoms with Crippen LogP contribution in [0.25, 0.3) is 20.2 Å². The van der Waals surface area contributed by atoms with E-state index in [1.807, 2.05) is 11.3 Å². The van der Waals surface area contributed by atoms with Gasteiger partial charge in [0.15, 0.2) is 0 Å². The highest BCUT2D eigenvalue weighted by Crippen LogP contribution is 2.39. The molecule has 1 nitrogen and oxygen atoms in total. The Morgan fingerprint density at radius 3 is 2.23 bits per heavy atom. The van der Waals surface area contributed by atoms with Crippen molar-refractivity contribution in [3.8, 4) is 0 Å². The molecule has 1 aromatic heterocycles. The molecule has 0 aliphatic carbocycles. The SMILES string of the molecule is CCCCN(CCCC)c1cccc2sc3ccccc3c12. The largest absolute Gasteiger partial charge is 0.371 e. The number of hydrogen-bond donors (Lipinski definition) is 0. The van der Waals surface area contributed by atoms with Crippen LogP contribution in [0, 0.1) is 0 Å². The maximum atomic E-state index is 2.61. The van der Waals surface area contributed by atoms with E-state index in [0.29, 0.717) is 0 Å². The summed E-state index contributed by atoms with van der Waals surface area (Å²) in [5.41, 5.74) is 1.43. The van der Waals surface area contributed by atoms with E-state index >= 15 is 0 Å². The van der Waals surface area contributed by atoms with Gasteiger partial charge in [-0.2, -0.15) is 0 Å². The van der Waals surface area contributed by atoms with Crippen molar-refractivity contribution in [3.05, 3.63) is 42.5 Å². The number of nitrogens with zero attached hydrogens (tertiary/aromatic N) is 1. The third kappa shape index (κ3) is 2.98. The van der Waals surface area contributed by atoms with E-state index in [-0.39, 0.29) is 0 Å². The fourth-order valence-corrected chi connectivity index (χ4v) is 4.20. The fraction of sp³-hybridized carbons (Fsp3) is 0.400. The Kier molecular flexibility index (Phi) is 4.99. The molecular weight excluding hydrogens is 286 g/mol. The van der Waals surface area contributed by atoms with Crippen molar-refractivity contribution in [1.29, 1.82) is 0 Å². The third-order valence-corrected chi connectivity index (χ3v) is 5.42. The minimum Gasteiger partial charge on any atom is -0.371 e. The molecule has 0 aliphatic rings. The van der Waals surface area contributed by atoms with Crippen molar-refractivity contribution in [2.24, 2.45) is 0 Å². The molecule has 0 saturated heterocycles. The first kappa shape index (κ1) is 15.4. The van der Waals surface area contributed by atoms with E-state index in [1.54, 1.807) is 0 Å². The summed E-state index contributed by atoms with van der Waals surface area (Å²) >= 11 is 1.91. The van der Waals surface area contributed by atoms with Crippen LogP contribution in [0.1, 0.15) is 39.5 Å². The molecule has 0 bridgehead atoms. The molecule has 2 heteroatoms. The van der Waals surface area contributed by atoms with E-state index < -0.39 is 0 Å². The van der Waals surface area contributed by atoms with Crippen molar-refractivity contribution >= 4 is 37.2 Å². The van der Waals surface area contributed by atoms with E-state index in [4.69, 9.17) is 0 Å². The maximum Gasteiger partial charge on any atom is 0.0460 e. The van der Waals surface area contributed by atoms with Crippen LogP contribution in [0.5, 0.6) is 0 Å². The number of anilines is 1. The van der Waals surface area contributed by atoms with Gasteiger partial charge in [-0.25, -0.2) is 0 Å². The second-order valence-electron chi connectivity index (χ2n) is 5.94. The van der Waals surface area contributed by atoms with Crippen LogP contribution >= 0.6 is 11.3 Å². The Bertz CT molecular complexity index is 736. The summed E-state index contributed by atoms with van der Waals surface area (Å²) < 4.78 is 2.81. The molecular formula is C20H25NS. The van der Waals surface area contributed by atoms with Crippen LogP contribution in [0.15, 0.2) is 42.5 Å². The third-order valence-electron chi connectivity index (χ3n) is 4.28. The summed E-state index contributed by atoms with van der Waals surface area (Å²) in [4.78, 5) is 2.61. The fourth-order valence-electron chi connectivity index (χ4n) is 3.07. The number of rotatable bonds is 7. The number of unbranched alkanes of at least 4 members (excludes halogenated alkanes) is 2. The number of benzene rings is 2. The first-order valence-electron chi connectivity index (χ1n) is 8.50. The molecule has 2 aromatic carbocycles. The van der Waals surface area contributed by atoms with Crippen LogP contribution in [0.4, 0.5) is 5.69 Å². The van der Waals surface area contributed by atoms with E-state index in [2.05, 4.69) is 61.2 Å². The minimum absolute atomic E-state index is 1.17. The monoisotopic (exact) mass is 311 g/mol. The molecule has 0 unspecified atom stereocenters. The maximum absolute atomic E-state index is 2.61. The van der Waals surface area contributed by atoms with Crippen LogP contribution < -0.4 is 4.90 Å². The molecule has 22 heavy (non-hydrogen) atoms. The van der Waals surface area contributed by atoms with Crippen LogP contribution in [-0.2, 0) is 0 Å². The molecule has 0 spiro atoms. The second kappa shape index (κ2) is 7.15. The van der Waals surface area contributed by atoms with Gasteiger partial charge in [-0.3, -0.25) is 0 Å². The van der Waals surface area contributed by atoms with Gasteiger partial charge >= 0.3 is 0 Å². The van der Waals surface area contributed by atoms with Crippen molar-refractivity contribution in [3.63, 3.8) is 0 Å². The number of fused-ring (bicyclic) bond motifs is 3. The second-order valence-corrected chi connectivity index (χ2v) is 7.03. The summed E-state index contributed by atoms with van der Waals surface area (Å²) in [6.45, 7) is 6.89. The molecule has 3 aromatic rings. The molecule has 116 valence electrons. The molecule has 0 saturated carbocycles. The predicted octanol–water partition coefficient (Wildman–Crippen LogP) is 6.46. The summed E-state index contributed by atoms with van der Waals surface area (Å²) in [7, 11) is 0. The minimum atomic E-state index is 1.17. The Hall–Kier alpha value is -1.54. The summed E-state index contributed by atoms with van der Waals surface area (Å²) in [5, 5.41) is 2.87. The normalized spacial score (nSPS) is 11.4. The average Bonchev–Trinajstić information content (AvgIpc) is 2.94. The summed E-state index contributed by atoms with van der Waals surface area (Å²) in [5.74, 6) is 0. The zero-order valence-corrected chi connectivity index (χ0v) is 14.5. The van der Waals surface area contributed by atoms with Gasteiger partial charge in [-0.1, -0.05) is 51.0 Å². The van der Waals surface area contributed by atoms with Gasteiger partial charge in [0, 0.05) is 38.9 Å². The predicted molar refractivity (Wildman–Crippen MR) is 101 cm³/mol. The van der Waals surface area contributed by atoms with Gasteiger partial charge < -0.3 is 4.90 Å². The van der Waals surface area contributed by atoms with Gasteiger partial charge in [0.1, 0.15) is 0 Å². The zero-order chi connectivity index (χ0) is 15.4. The van der Waals surface area contributed by atoms with E-state index in [1.165, 1.54) is 64.6 Å². The topological polar surface area (TPSA) is 3.24 Å². The summed E-state index contributed by atoms with van der Waals surface area (Å²) in [6, 6.07) is 15.6. The van der Waals surface area contributed by atoms with Gasteiger partial charge in [-0.05, 0) is 31.0 Å². The van der Waals surface area contributed by atoms with Crippen molar-refractivity contribution in [1.82, 2.24) is 0 Å². The highest BCUT2D eigenvalue weighted by atomic mass is 32.1. The van der Waals surface area contributed by atoms with Gasteiger partial charge in [0.05, 0.1) is 0 Å². The smallest absolute Gasteiger partial charge is 0.0460 e. The Balaban J connectivity index is 2.10. The highest BCUT2D eigenvalue weighted by molar-refractivity contribution is 7.25.